The molecule has 1 aromatic rings. The van der Waals surface area contributed by atoms with Gasteiger partial charge in [-0.05, 0) is 55.7 Å². The number of aliphatic hydroxyl groups excluding tert-OH is 1. The number of rotatable bonds is 2. The van der Waals surface area contributed by atoms with E-state index in [2.05, 4.69) is 28.9 Å². The van der Waals surface area contributed by atoms with Crippen LogP contribution in [0.5, 0.6) is 0 Å². The highest BCUT2D eigenvalue weighted by Crippen LogP contribution is 2.44. The van der Waals surface area contributed by atoms with Gasteiger partial charge in [0.1, 0.15) is 0 Å². The zero-order chi connectivity index (χ0) is 14.9. The van der Waals surface area contributed by atoms with Crippen molar-refractivity contribution in [2.24, 2.45) is 5.92 Å². The number of halogens is 1. The number of ether oxygens (including phenoxy) is 1. The van der Waals surface area contributed by atoms with E-state index in [9.17, 15) is 5.11 Å². The molecule has 1 heterocycles. The lowest BCUT2D eigenvalue weighted by Gasteiger charge is -2.44. The fraction of sp³-hybridized carbons (Fsp3) is 0.667. The first-order valence-corrected chi connectivity index (χ1v) is 8.97. The van der Waals surface area contributed by atoms with Crippen molar-refractivity contribution in [2.45, 2.75) is 63.6 Å². The molecule has 2 nitrogen and oxygen atoms in total. The number of aliphatic hydroxyl groups is 1. The summed E-state index contributed by atoms with van der Waals surface area (Å²) in [6.07, 6.45) is 7.87. The van der Waals surface area contributed by atoms with E-state index in [1.165, 1.54) is 37.7 Å². The fourth-order valence-electron chi connectivity index (χ4n) is 4.00. The molecule has 0 amide bonds. The van der Waals surface area contributed by atoms with Crippen LogP contribution >= 0.6 is 15.9 Å². The molecule has 116 valence electrons. The van der Waals surface area contributed by atoms with Crippen LogP contribution in [0.15, 0.2) is 22.7 Å². The molecule has 1 saturated heterocycles. The molecule has 1 saturated carbocycles. The van der Waals surface area contributed by atoms with E-state index in [0.717, 1.165) is 29.5 Å². The molecule has 3 heteroatoms. The molecule has 1 spiro atoms. The highest BCUT2D eigenvalue weighted by atomic mass is 79.9. The molecule has 0 radical (unpaired) electrons. The highest BCUT2D eigenvalue weighted by molar-refractivity contribution is 9.10. The third-order valence-electron chi connectivity index (χ3n) is 5.27. The Morgan fingerprint density at radius 2 is 2.05 bits per heavy atom. The average Bonchev–Trinajstić information content (AvgIpc) is 2.50. The number of hydrogen-bond acceptors (Lipinski definition) is 2. The molecule has 21 heavy (non-hydrogen) atoms. The second kappa shape index (κ2) is 6.39. The zero-order valence-corrected chi connectivity index (χ0v) is 14.4. The third-order valence-corrected chi connectivity index (χ3v) is 6.16. The van der Waals surface area contributed by atoms with Crippen molar-refractivity contribution < 1.29 is 9.84 Å². The van der Waals surface area contributed by atoms with Gasteiger partial charge in [0.05, 0.1) is 11.7 Å². The van der Waals surface area contributed by atoms with E-state index in [4.69, 9.17) is 4.74 Å². The first-order valence-electron chi connectivity index (χ1n) is 8.18. The monoisotopic (exact) mass is 352 g/mol. The van der Waals surface area contributed by atoms with Gasteiger partial charge in [-0.1, -0.05) is 47.3 Å². The molecule has 0 aromatic heterocycles. The van der Waals surface area contributed by atoms with Crippen molar-refractivity contribution in [1.29, 1.82) is 0 Å². The molecule has 2 fully saturated rings. The van der Waals surface area contributed by atoms with Crippen LogP contribution in [-0.4, -0.2) is 17.3 Å². The third kappa shape index (κ3) is 3.35. The summed E-state index contributed by atoms with van der Waals surface area (Å²) in [4.78, 5) is 0. The van der Waals surface area contributed by atoms with Crippen LogP contribution in [0.25, 0.3) is 0 Å². The number of benzene rings is 1. The van der Waals surface area contributed by atoms with Crippen LogP contribution in [0.2, 0.25) is 0 Å². The quantitative estimate of drug-likeness (QED) is 0.818. The van der Waals surface area contributed by atoms with E-state index in [0.29, 0.717) is 5.92 Å². The Balaban J connectivity index is 1.74. The van der Waals surface area contributed by atoms with Gasteiger partial charge in [-0.3, -0.25) is 0 Å². The lowest BCUT2D eigenvalue weighted by molar-refractivity contribution is -0.134. The Kier molecular flexibility index (Phi) is 4.72. The minimum atomic E-state index is -0.362. The normalized spacial score (nSPS) is 26.7. The first kappa shape index (κ1) is 15.5. The van der Waals surface area contributed by atoms with Crippen LogP contribution in [0.3, 0.4) is 0 Å². The minimum Gasteiger partial charge on any atom is -0.388 e. The van der Waals surface area contributed by atoms with Crippen LogP contribution in [0.4, 0.5) is 0 Å². The van der Waals surface area contributed by atoms with Gasteiger partial charge in [0, 0.05) is 11.1 Å². The van der Waals surface area contributed by atoms with Crippen LogP contribution in [0, 0.1) is 12.8 Å². The molecule has 2 unspecified atom stereocenters. The lowest BCUT2D eigenvalue weighted by Crippen LogP contribution is -2.42. The standard InChI is InChI=1S/C18H25BrO2/c1-13-11-14(5-6-16(13)19)17(20)15-7-10-21-18(12-15)8-3-2-4-9-18/h5-6,11,15,17,20H,2-4,7-10,12H2,1H3. The predicted octanol–water partition coefficient (Wildman–Crippen LogP) is 4.92. The Morgan fingerprint density at radius 3 is 2.76 bits per heavy atom. The van der Waals surface area contributed by atoms with Crippen LogP contribution in [-0.2, 0) is 4.74 Å². The minimum absolute atomic E-state index is 0.0621. The van der Waals surface area contributed by atoms with Crippen molar-refractivity contribution in [2.75, 3.05) is 6.61 Å². The Morgan fingerprint density at radius 1 is 1.29 bits per heavy atom. The summed E-state index contributed by atoms with van der Waals surface area (Å²) in [5.41, 5.74) is 2.30. The SMILES string of the molecule is Cc1cc(C(O)C2CCOC3(CCCCC3)C2)ccc1Br. The second-order valence-electron chi connectivity index (χ2n) is 6.80. The Hall–Kier alpha value is -0.380. The van der Waals surface area contributed by atoms with E-state index < -0.39 is 0 Å². The summed E-state index contributed by atoms with van der Waals surface area (Å²) >= 11 is 3.53. The molecule has 3 rings (SSSR count). The molecule has 1 aromatic carbocycles. The van der Waals surface area contributed by atoms with Crippen molar-refractivity contribution in [3.8, 4) is 0 Å². The largest absolute Gasteiger partial charge is 0.388 e. The summed E-state index contributed by atoms with van der Waals surface area (Å²) in [6.45, 7) is 2.88. The summed E-state index contributed by atoms with van der Waals surface area (Å²) in [5, 5.41) is 10.8. The van der Waals surface area contributed by atoms with Crippen molar-refractivity contribution in [1.82, 2.24) is 0 Å². The van der Waals surface area contributed by atoms with Crippen LogP contribution < -0.4 is 0 Å². The summed E-state index contributed by atoms with van der Waals surface area (Å²) < 4.78 is 7.25. The summed E-state index contributed by atoms with van der Waals surface area (Å²) in [6, 6.07) is 6.20. The highest BCUT2D eigenvalue weighted by Gasteiger charge is 2.40. The van der Waals surface area contributed by atoms with Crippen molar-refractivity contribution in [3.05, 3.63) is 33.8 Å². The molecule has 1 N–H and O–H groups in total. The fourth-order valence-corrected chi connectivity index (χ4v) is 4.25. The first-order chi connectivity index (χ1) is 10.1. The van der Waals surface area contributed by atoms with Gasteiger partial charge in [0.2, 0.25) is 0 Å². The molecule has 1 aliphatic heterocycles. The van der Waals surface area contributed by atoms with E-state index in [-0.39, 0.29) is 11.7 Å². The van der Waals surface area contributed by atoms with Gasteiger partial charge >= 0.3 is 0 Å². The zero-order valence-electron chi connectivity index (χ0n) is 12.8. The van der Waals surface area contributed by atoms with Crippen molar-refractivity contribution in [3.63, 3.8) is 0 Å². The number of hydrogen-bond donors (Lipinski definition) is 1. The molecular weight excluding hydrogens is 328 g/mol. The van der Waals surface area contributed by atoms with Gasteiger partial charge in [0.15, 0.2) is 0 Å². The van der Waals surface area contributed by atoms with E-state index in [1.54, 1.807) is 0 Å². The van der Waals surface area contributed by atoms with Crippen LogP contribution in [0.1, 0.15) is 62.2 Å². The maximum atomic E-state index is 10.8. The predicted molar refractivity (Wildman–Crippen MR) is 88.3 cm³/mol. The van der Waals surface area contributed by atoms with Gasteiger partial charge in [0.25, 0.3) is 0 Å². The molecule has 0 bridgehead atoms. The average molecular weight is 353 g/mol. The maximum Gasteiger partial charge on any atom is 0.0820 e. The van der Waals surface area contributed by atoms with Gasteiger partial charge in [-0.25, -0.2) is 0 Å². The Labute approximate surface area is 136 Å². The topological polar surface area (TPSA) is 29.5 Å². The van der Waals surface area contributed by atoms with Crippen molar-refractivity contribution >= 4 is 15.9 Å². The molecular formula is C18H25BrO2. The second-order valence-corrected chi connectivity index (χ2v) is 7.65. The molecule has 2 atom stereocenters. The van der Waals surface area contributed by atoms with E-state index >= 15 is 0 Å². The number of aryl methyl sites for hydroxylation is 1. The smallest absolute Gasteiger partial charge is 0.0820 e. The molecule has 1 aliphatic carbocycles. The Bertz CT molecular complexity index is 488. The van der Waals surface area contributed by atoms with Gasteiger partial charge < -0.3 is 9.84 Å². The van der Waals surface area contributed by atoms with Gasteiger partial charge in [-0.2, -0.15) is 0 Å². The van der Waals surface area contributed by atoms with Gasteiger partial charge in [-0.15, -0.1) is 0 Å². The summed E-state index contributed by atoms with van der Waals surface area (Å²) in [7, 11) is 0. The summed E-state index contributed by atoms with van der Waals surface area (Å²) in [5.74, 6) is 0.331. The van der Waals surface area contributed by atoms with E-state index in [1.807, 2.05) is 12.1 Å². The lowest BCUT2D eigenvalue weighted by atomic mass is 9.74. The molecule has 2 aliphatic rings. The maximum absolute atomic E-state index is 10.8.